The minimum Gasteiger partial charge on any atom is -0.103 e. The molecule has 58 valence electrons. The van der Waals surface area contributed by atoms with Crippen molar-refractivity contribution in [3.8, 4) is 0 Å². The molecule has 0 nitrogen and oxygen atoms in total. The van der Waals surface area contributed by atoms with E-state index in [-0.39, 0.29) is 0 Å². The van der Waals surface area contributed by atoms with Gasteiger partial charge in [0.1, 0.15) is 0 Å². The Morgan fingerprint density at radius 3 is 2.50 bits per heavy atom. The molecule has 0 unspecified atom stereocenters. The van der Waals surface area contributed by atoms with Crippen molar-refractivity contribution in [3.05, 3.63) is 24.8 Å². The smallest absolute Gasteiger partial charge is 0.0290 e. The van der Waals surface area contributed by atoms with Crippen molar-refractivity contribution in [3.63, 3.8) is 0 Å². The Kier molecular flexibility index (Phi) is 6.25. The van der Waals surface area contributed by atoms with Gasteiger partial charge in [0, 0.05) is 0 Å². The van der Waals surface area contributed by atoms with E-state index in [1.54, 1.807) is 0 Å². The topological polar surface area (TPSA) is 0 Å². The number of rotatable bonds is 5. The van der Waals surface area contributed by atoms with E-state index in [2.05, 4.69) is 32.6 Å². The lowest BCUT2D eigenvalue weighted by Crippen LogP contribution is -1.76. The van der Waals surface area contributed by atoms with Crippen molar-refractivity contribution in [2.75, 3.05) is 0 Å². The molecule has 0 rings (SSSR count). The van der Waals surface area contributed by atoms with Crippen LogP contribution in [0, 0.1) is 5.92 Å². The highest BCUT2D eigenvalue weighted by Crippen LogP contribution is 2.00. The van der Waals surface area contributed by atoms with Crippen LogP contribution in [0.1, 0.15) is 33.1 Å². The zero-order valence-corrected chi connectivity index (χ0v) is 7.14. The van der Waals surface area contributed by atoms with Gasteiger partial charge in [-0.2, -0.15) is 0 Å². The summed E-state index contributed by atoms with van der Waals surface area (Å²) in [4.78, 5) is 0. The standard InChI is InChI=1S/C10H18/c1-4-5-6-7-8-9-10(2)3/h4,8-10H,1,5-7H2,2-3H3. The number of hydrogen-bond acceptors (Lipinski definition) is 0. The van der Waals surface area contributed by atoms with E-state index in [1.165, 1.54) is 12.8 Å². The fraction of sp³-hybridized carbons (Fsp3) is 0.600. The summed E-state index contributed by atoms with van der Waals surface area (Å²) in [6.45, 7) is 8.07. The Balaban J connectivity index is 3.10. The third kappa shape index (κ3) is 7.48. The molecule has 0 aromatic carbocycles. The predicted octanol–water partition coefficient (Wildman–Crippen LogP) is 3.55. The van der Waals surface area contributed by atoms with Crippen molar-refractivity contribution in [2.45, 2.75) is 33.1 Å². The summed E-state index contributed by atoms with van der Waals surface area (Å²) in [7, 11) is 0. The molecule has 0 saturated carbocycles. The van der Waals surface area contributed by atoms with Crippen molar-refractivity contribution < 1.29 is 0 Å². The molecular weight excluding hydrogens is 120 g/mol. The number of hydrogen-bond donors (Lipinski definition) is 0. The van der Waals surface area contributed by atoms with E-state index in [0.29, 0.717) is 5.92 Å². The highest BCUT2D eigenvalue weighted by atomic mass is 13.9. The van der Waals surface area contributed by atoms with Crippen LogP contribution in [0.2, 0.25) is 0 Å². The van der Waals surface area contributed by atoms with Crippen LogP contribution in [0.5, 0.6) is 0 Å². The van der Waals surface area contributed by atoms with Crippen LogP contribution in [0.15, 0.2) is 24.8 Å². The normalized spacial score (nSPS) is 11.1. The van der Waals surface area contributed by atoms with Crippen LogP contribution >= 0.6 is 0 Å². The van der Waals surface area contributed by atoms with Gasteiger partial charge >= 0.3 is 0 Å². The Morgan fingerprint density at radius 2 is 2.00 bits per heavy atom. The molecule has 0 fully saturated rings. The molecule has 10 heavy (non-hydrogen) atoms. The van der Waals surface area contributed by atoms with Gasteiger partial charge in [-0.1, -0.05) is 32.1 Å². The second-order valence-corrected chi connectivity index (χ2v) is 2.89. The van der Waals surface area contributed by atoms with E-state index in [4.69, 9.17) is 0 Å². The lowest BCUT2D eigenvalue weighted by molar-refractivity contribution is 0.808. The average molecular weight is 138 g/mol. The molecule has 0 radical (unpaired) electrons. The van der Waals surface area contributed by atoms with E-state index in [1.807, 2.05) is 6.08 Å². The first-order valence-electron chi connectivity index (χ1n) is 4.05. The monoisotopic (exact) mass is 138 g/mol. The number of allylic oxidation sites excluding steroid dienone is 3. The highest BCUT2D eigenvalue weighted by Gasteiger charge is 1.82. The zero-order chi connectivity index (χ0) is 7.82. The van der Waals surface area contributed by atoms with Crippen LogP contribution in [-0.4, -0.2) is 0 Å². The van der Waals surface area contributed by atoms with Crippen molar-refractivity contribution in [2.24, 2.45) is 5.92 Å². The summed E-state index contributed by atoms with van der Waals surface area (Å²) in [5.74, 6) is 0.698. The SMILES string of the molecule is C=CCCCC=CC(C)C. The molecule has 0 aliphatic rings. The molecule has 0 heteroatoms. The predicted molar refractivity (Wildman–Crippen MR) is 48.0 cm³/mol. The quantitative estimate of drug-likeness (QED) is 0.402. The van der Waals surface area contributed by atoms with Gasteiger partial charge in [-0.05, 0) is 25.2 Å². The van der Waals surface area contributed by atoms with Crippen LogP contribution < -0.4 is 0 Å². The molecule has 0 N–H and O–H groups in total. The van der Waals surface area contributed by atoms with Crippen LogP contribution in [-0.2, 0) is 0 Å². The third-order valence-electron chi connectivity index (χ3n) is 1.30. The van der Waals surface area contributed by atoms with E-state index >= 15 is 0 Å². The second kappa shape index (κ2) is 6.60. The Morgan fingerprint density at radius 1 is 1.30 bits per heavy atom. The molecule has 0 bridgehead atoms. The van der Waals surface area contributed by atoms with Gasteiger partial charge in [0.2, 0.25) is 0 Å². The van der Waals surface area contributed by atoms with E-state index in [9.17, 15) is 0 Å². The summed E-state index contributed by atoms with van der Waals surface area (Å²) in [6, 6.07) is 0. The summed E-state index contributed by atoms with van der Waals surface area (Å²) >= 11 is 0. The summed E-state index contributed by atoms with van der Waals surface area (Å²) in [6.07, 6.45) is 10.1. The number of unbranched alkanes of at least 4 members (excludes halogenated alkanes) is 2. The Labute approximate surface area is 64.6 Å². The largest absolute Gasteiger partial charge is 0.103 e. The fourth-order valence-electron chi connectivity index (χ4n) is 0.748. The van der Waals surface area contributed by atoms with Gasteiger partial charge in [-0.15, -0.1) is 6.58 Å². The van der Waals surface area contributed by atoms with Crippen LogP contribution in [0.4, 0.5) is 0 Å². The molecule has 0 spiro atoms. The summed E-state index contributed by atoms with van der Waals surface area (Å²) in [5.41, 5.74) is 0. The third-order valence-corrected chi connectivity index (χ3v) is 1.30. The maximum absolute atomic E-state index is 3.67. The zero-order valence-electron chi connectivity index (χ0n) is 7.14. The Bertz CT molecular complexity index is 98.6. The van der Waals surface area contributed by atoms with Gasteiger partial charge < -0.3 is 0 Å². The van der Waals surface area contributed by atoms with Crippen molar-refractivity contribution >= 4 is 0 Å². The molecule has 0 aliphatic heterocycles. The first-order valence-corrected chi connectivity index (χ1v) is 4.05. The molecule has 0 aromatic rings. The maximum atomic E-state index is 3.67. The average Bonchev–Trinajstić information content (AvgIpc) is 1.87. The highest BCUT2D eigenvalue weighted by molar-refractivity contribution is 4.84. The molecule has 0 amide bonds. The van der Waals surface area contributed by atoms with Gasteiger partial charge in [0.15, 0.2) is 0 Å². The molecule has 0 aliphatic carbocycles. The molecule has 0 saturated heterocycles. The van der Waals surface area contributed by atoms with Crippen molar-refractivity contribution in [1.82, 2.24) is 0 Å². The van der Waals surface area contributed by atoms with E-state index < -0.39 is 0 Å². The molecule has 0 aromatic heterocycles. The Hall–Kier alpha value is -0.520. The van der Waals surface area contributed by atoms with Gasteiger partial charge in [0.05, 0.1) is 0 Å². The van der Waals surface area contributed by atoms with Crippen LogP contribution in [0.3, 0.4) is 0 Å². The first kappa shape index (κ1) is 9.48. The minimum absolute atomic E-state index is 0.698. The van der Waals surface area contributed by atoms with Gasteiger partial charge in [0.25, 0.3) is 0 Å². The summed E-state index contributed by atoms with van der Waals surface area (Å²) in [5, 5.41) is 0. The lowest BCUT2D eigenvalue weighted by atomic mass is 10.1. The fourth-order valence-corrected chi connectivity index (χ4v) is 0.748. The van der Waals surface area contributed by atoms with Gasteiger partial charge in [-0.25, -0.2) is 0 Å². The van der Waals surface area contributed by atoms with E-state index in [0.717, 1.165) is 6.42 Å². The molecular formula is C10H18. The molecule has 0 heterocycles. The maximum Gasteiger partial charge on any atom is -0.0290 e. The van der Waals surface area contributed by atoms with Crippen LogP contribution in [0.25, 0.3) is 0 Å². The molecule has 0 atom stereocenters. The first-order chi connectivity index (χ1) is 4.77. The summed E-state index contributed by atoms with van der Waals surface area (Å²) < 4.78 is 0. The second-order valence-electron chi connectivity index (χ2n) is 2.89. The lowest BCUT2D eigenvalue weighted by Gasteiger charge is -1.92. The minimum atomic E-state index is 0.698. The van der Waals surface area contributed by atoms with Crippen molar-refractivity contribution in [1.29, 1.82) is 0 Å². The van der Waals surface area contributed by atoms with Gasteiger partial charge in [-0.3, -0.25) is 0 Å².